The van der Waals surface area contributed by atoms with E-state index in [1.165, 1.54) is 30.4 Å². The van der Waals surface area contributed by atoms with Crippen LogP contribution in [-0.4, -0.2) is 20.2 Å². The fraction of sp³-hybridized carbons (Fsp3) is 0.500. The van der Waals surface area contributed by atoms with Crippen LogP contribution < -0.4 is 10.1 Å². The summed E-state index contributed by atoms with van der Waals surface area (Å²) in [6, 6.07) is 6.48. The molecule has 0 spiro atoms. The van der Waals surface area contributed by atoms with Gasteiger partial charge in [0.1, 0.15) is 12.4 Å². The summed E-state index contributed by atoms with van der Waals surface area (Å²) in [7, 11) is 1.94. The SMILES string of the molecule is CNCCOc1ccc2c(c1)CCC2. The molecule has 0 heterocycles. The highest BCUT2D eigenvalue weighted by Gasteiger charge is 2.10. The molecule has 76 valence electrons. The Balaban J connectivity index is 1.98. The zero-order valence-corrected chi connectivity index (χ0v) is 8.68. The lowest BCUT2D eigenvalue weighted by atomic mass is 10.1. The number of fused-ring (bicyclic) bond motifs is 1. The van der Waals surface area contributed by atoms with Gasteiger partial charge < -0.3 is 10.1 Å². The van der Waals surface area contributed by atoms with Crippen LogP contribution >= 0.6 is 0 Å². The lowest BCUT2D eigenvalue weighted by Gasteiger charge is -2.07. The molecule has 0 amide bonds. The summed E-state index contributed by atoms with van der Waals surface area (Å²) >= 11 is 0. The summed E-state index contributed by atoms with van der Waals surface area (Å²) in [5.41, 5.74) is 2.98. The average molecular weight is 191 g/mol. The van der Waals surface area contributed by atoms with Crippen molar-refractivity contribution >= 4 is 0 Å². The van der Waals surface area contributed by atoms with Gasteiger partial charge in [0.05, 0.1) is 0 Å². The van der Waals surface area contributed by atoms with Gasteiger partial charge in [0, 0.05) is 6.54 Å². The van der Waals surface area contributed by atoms with E-state index in [1.807, 2.05) is 7.05 Å². The molecule has 2 nitrogen and oxygen atoms in total. The Hall–Kier alpha value is -1.02. The summed E-state index contributed by atoms with van der Waals surface area (Å²) in [5, 5.41) is 3.07. The Bertz CT molecular complexity index is 309. The Kier molecular flexibility index (Phi) is 3.04. The average Bonchev–Trinajstić information content (AvgIpc) is 2.65. The first-order valence-electron chi connectivity index (χ1n) is 5.29. The molecule has 1 N–H and O–H groups in total. The van der Waals surface area contributed by atoms with Gasteiger partial charge in [0.2, 0.25) is 0 Å². The molecule has 0 saturated carbocycles. The van der Waals surface area contributed by atoms with Crippen LogP contribution in [0.4, 0.5) is 0 Å². The first-order chi connectivity index (χ1) is 6.90. The van der Waals surface area contributed by atoms with Gasteiger partial charge in [-0.25, -0.2) is 0 Å². The number of benzene rings is 1. The van der Waals surface area contributed by atoms with Gasteiger partial charge in [0.15, 0.2) is 0 Å². The molecule has 1 aliphatic rings. The number of hydrogen-bond donors (Lipinski definition) is 1. The van der Waals surface area contributed by atoms with E-state index in [2.05, 4.69) is 23.5 Å². The van der Waals surface area contributed by atoms with E-state index < -0.39 is 0 Å². The molecule has 2 rings (SSSR count). The van der Waals surface area contributed by atoms with Crippen LogP contribution in [0.2, 0.25) is 0 Å². The first kappa shape index (κ1) is 9.53. The van der Waals surface area contributed by atoms with Crippen molar-refractivity contribution in [3.8, 4) is 5.75 Å². The quantitative estimate of drug-likeness (QED) is 0.732. The van der Waals surface area contributed by atoms with E-state index >= 15 is 0 Å². The Morgan fingerprint density at radius 1 is 1.29 bits per heavy atom. The minimum absolute atomic E-state index is 0.745. The van der Waals surface area contributed by atoms with E-state index in [0.29, 0.717) is 0 Å². The molecule has 14 heavy (non-hydrogen) atoms. The third-order valence-corrected chi connectivity index (χ3v) is 2.69. The second kappa shape index (κ2) is 4.47. The van der Waals surface area contributed by atoms with Gasteiger partial charge in [-0.05, 0) is 49.6 Å². The third kappa shape index (κ3) is 2.07. The topological polar surface area (TPSA) is 21.3 Å². The summed E-state index contributed by atoms with van der Waals surface area (Å²) < 4.78 is 5.61. The van der Waals surface area contributed by atoms with Crippen LogP contribution in [0.15, 0.2) is 18.2 Å². The minimum atomic E-state index is 0.745. The molecule has 0 fully saturated rings. The first-order valence-corrected chi connectivity index (χ1v) is 5.29. The predicted octanol–water partition coefficient (Wildman–Crippen LogP) is 1.77. The molecule has 0 unspecified atom stereocenters. The molecule has 0 bridgehead atoms. The normalized spacial score (nSPS) is 14.1. The highest BCUT2D eigenvalue weighted by atomic mass is 16.5. The van der Waals surface area contributed by atoms with Crippen LogP contribution in [0.1, 0.15) is 17.5 Å². The number of hydrogen-bond acceptors (Lipinski definition) is 2. The molecule has 1 aromatic rings. The van der Waals surface area contributed by atoms with Crippen molar-refractivity contribution in [1.29, 1.82) is 0 Å². The molecule has 0 saturated heterocycles. The van der Waals surface area contributed by atoms with Gasteiger partial charge in [-0.3, -0.25) is 0 Å². The highest BCUT2D eigenvalue weighted by molar-refractivity contribution is 5.38. The van der Waals surface area contributed by atoms with E-state index in [-0.39, 0.29) is 0 Å². The van der Waals surface area contributed by atoms with E-state index in [9.17, 15) is 0 Å². The standard InChI is InChI=1S/C12H17NO/c1-13-7-8-14-12-6-5-10-3-2-4-11(10)9-12/h5-6,9,13H,2-4,7-8H2,1H3. The molecule has 2 heteroatoms. The van der Waals surface area contributed by atoms with Gasteiger partial charge in [0.25, 0.3) is 0 Å². The maximum Gasteiger partial charge on any atom is 0.119 e. The fourth-order valence-electron chi connectivity index (χ4n) is 1.91. The molecular formula is C12H17NO. The second-order valence-corrected chi connectivity index (χ2v) is 3.74. The van der Waals surface area contributed by atoms with Gasteiger partial charge in [-0.1, -0.05) is 6.07 Å². The smallest absolute Gasteiger partial charge is 0.119 e. The molecule has 1 aromatic carbocycles. The summed E-state index contributed by atoms with van der Waals surface area (Å²) in [4.78, 5) is 0. The number of rotatable bonds is 4. The number of nitrogens with one attached hydrogen (secondary N) is 1. The maximum atomic E-state index is 5.61. The van der Waals surface area contributed by atoms with E-state index in [0.717, 1.165) is 18.9 Å². The van der Waals surface area contributed by atoms with Crippen molar-refractivity contribution in [1.82, 2.24) is 5.32 Å². The highest BCUT2D eigenvalue weighted by Crippen LogP contribution is 2.25. The summed E-state index contributed by atoms with van der Waals surface area (Å²) in [6.07, 6.45) is 3.76. The lowest BCUT2D eigenvalue weighted by molar-refractivity contribution is 0.318. The van der Waals surface area contributed by atoms with Crippen LogP contribution in [-0.2, 0) is 12.8 Å². The van der Waals surface area contributed by atoms with Crippen molar-refractivity contribution in [2.45, 2.75) is 19.3 Å². The monoisotopic (exact) mass is 191 g/mol. The summed E-state index contributed by atoms with van der Waals surface area (Å²) in [6.45, 7) is 1.65. The van der Waals surface area contributed by atoms with Crippen molar-refractivity contribution < 1.29 is 4.74 Å². The summed E-state index contributed by atoms with van der Waals surface area (Å²) in [5.74, 6) is 1.01. The lowest BCUT2D eigenvalue weighted by Crippen LogP contribution is -2.15. The van der Waals surface area contributed by atoms with Gasteiger partial charge in [-0.2, -0.15) is 0 Å². The predicted molar refractivity (Wildman–Crippen MR) is 57.9 cm³/mol. The zero-order valence-electron chi connectivity index (χ0n) is 8.68. The molecule has 0 atom stereocenters. The van der Waals surface area contributed by atoms with Crippen LogP contribution in [0.25, 0.3) is 0 Å². The third-order valence-electron chi connectivity index (χ3n) is 2.69. The fourth-order valence-corrected chi connectivity index (χ4v) is 1.91. The number of ether oxygens (including phenoxy) is 1. The molecule has 1 aliphatic carbocycles. The minimum Gasteiger partial charge on any atom is -0.492 e. The number of likely N-dealkylation sites (N-methyl/N-ethyl adjacent to an activating group) is 1. The largest absolute Gasteiger partial charge is 0.492 e. The van der Waals surface area contributed by atoms with Crippen molar-refractivity contribution in [2.24, 2.45) is 0 Å². The second-order valence-electron chi connectivity index (χ2n) is 3.74. The van der Waals surface area contributed by atoms with Crippen molar-refractivity contribution in [3.63, 3.8) is 0 Å². The molecule has 0 aromatic heterocycles. The van der Waals surface area contributed by atoms with Crippen molar-refractivity contribution in [2.75, 3.05) is 20.2 Å². The Morgan fingerprint density at radius 2 is 2.14 bits per heavy atom. The Labute approximate surface area is 85.3 Å². The number of aryl methyl sites for hydroxylation is 2. The van der Waals surface area contributed by atoms with Crippen molar-refractivity contribution in [3.05, 3.63) is 29.3 Å². The van der Waals surface area contributed by atoms with Crippen LogP contribution in [0, 0.1) is 0 Å². The molecule has 0 aliphatic heterocycles. The van der Waals surface area contributed by atoms with Crippen LogP contribution in [0.3, 0.4) is 0 Å². The van der Waals surface area contributed by atoms with Gasteiger partial charge >= 0.3 is 0 Å². The maximum absolute atomic E-state index is 5.61. The molecule has 0 radical (unpaired) electrons. The van der Waals surface area contributed by atoms with E-state index in [1.54, 1.807) is 0 Å². The van der Waals surface area contributed by atoms with Gasteiger partial charge in [-0.15, -0.1) is 0 Å². The van der Waals surface area contributed by atoms with E-state index in [4.69, 9.17) is 4.74 Å². The Morgan fingerprint density at radius 3 is 3.00 bits per heavy atom. The van der Waals surface area contributed by atoms with Crippen LogP contribution in [0.5, 0.6) is 5.75 Å². The zero-order chi connectivity index (χ0) is 9.80. The molecular weight excluding hydrogens is 174 g/mol.